The van der Waals surface area contributed by atoms with Gasteiger partial charge in [-0.15, -0.1) is 0 Å². The second-order valence-corrected chi connectivity index (χ2v) is 10.1. The molecule has 0 atom stereocenters. The van der Waals surface area contributed by atoms with E-state index >= 15 is 0 Å². The molecule has 0 radical (unpaired) electrons. The van der Waals surface area contributed by atoms with E-state index in [4.69, 9.17) is 17.0 Å². The summed E-state index contributed by atoms with van der Waals surface area (Å²) >= 11 is 6.92. The number of amides is 1. The smallest absolute Gasteiger partial charge is 0.270 e. The van der Waals surface area contributed by atoms with Gasteiger partial charge < -0.3 is 9.64 Å². The third-order valence-electron chi connectivity index (χ3n) is 5.86. The molecule has 4 aromatic rings. The van der Waals surface area contributed by atoms with Crippen molar-refractivity contribution in [1.82, 2.24) is 0 Å². The first-order chi connectivity index (χ1) is 17.0. The standard InChI is InChI=1S/C29H24N2O2S2/c1-30(2)22-13-15-23(16-14-22)31-28(32)27(35-29(31)34)18-25-24-11-7-6-10-21(24)12-17-26(25)33-19-20-8-4-3-5-9-20/h3-18H,19H2,1-2H3/b27-18-. The van der Waals surface area contributed by atoms with E-state index in [0.717, 1.165) is 39.0 Å². The molecule has 0 bridgehead atoms. The summed E-state index contributed by atoms with van der Waals surface area (Å²) in [7, 11) is 3.97. The van der Waals surface area contributed by atoms with Crippen LogP contribution < -0.4 is 14.5 Å². The maximum absolute atomic E-state index is 13.5. The Morgan fingerprint density at radius 3 is 2.37 bits per heavy atom. The van der Waals surface area contributed by atoms with Crippen LogP contribution in [0.5, 0.6) is 5.75 Å². The van der Waals surface area contributed by atoms with Crippen molar-refractivity contribution in [2.45, 2.75) is 6.61 Å². The number of nitrogens with zero attached hydrogens (tertiary/aromatic N) is 2. The van der Waals surface area contributed by atoms with Gasteiger partial charge in [0.2, 0.25) is 0 Å². The number of thiocarbonyl (C=S) groups is 1. The lowest BCUT2D eigenvalue weighted by Crippen LogP contribution is -2.27. The monoisotopic (exact) mass is 496 g/mol. The maximum Gasteiger partial charge on any atom is 0.270 e. The Balaban J connectivity index is 1.50. The van der Waals surface area contributed by atoms with Crippen molar-refractivity contribution in [3.05, 3.63) is 107 Å². The molecule has 0 spiro atoms. The van der Waals surface area contributed by atoms with E-state index in [0.29, 0.717) is 15.8 Å². The molecule has 1 aliphatic rings. The van der Waals surface area contributed by atoms with Gasteiger partial charge in [-0.25, -0.2) is 0 Å². The number of carbonyl (C=O) groups excluding carboxylic acids is 1. The van der Waals surface area contributed by atoms with Gasteiger partial charge in [0.1, 0.15) is 12.4 Å². The summed E-state index contributed by atoms with van der Waals surface area (Å²) in [5.74, 6) is 0.604. The van der Waals surface area contributed by atoms with E-state index in [2.05, 4.69) is 12.1 Å². The average Bonchev–Trinajstić information content (AvgIpc) is 3.16. The summed E-state index contributed by atoms with van der Waals surface area (Å²) in [6, 6.07) is 30.0. The molecular weight excluding hydrogens is 472 g/mol. The van der Waals surface area contributed by atoms with Crippen LogP contribution in [0.1, 0.15) is 11.1 Å². The number of hydrogen-bond acceptors (Lipinski definition) is 5. The lowest BCUT2D eigenvalue weighted by Gasteiger charge is -2.17. The first kappa shape index (κ1) is 23.1. The van der Waals surface area contributed by atoms with Crippen LogP contribution in [0, 0.1) is 0 Å². The Kier molecular flexibility index (Phi) is 6.57. The summed E-state index contributed by atoms with van der Waals surface area (Å²) in [6.07, 6.45) is 1.91. The summed E-state index contributed by atoms with van der Waals surface area (Å²) in [5, 5.41) is 2.11. The highest BCUT2D eigenvalue weighted by Gasteiger charge is 2.33. The molecule has 0 N–H and O–H groups in total. The molecule has 4 nitrogen and oxygen atoms in total. The molecule has 35 heavy (non-hydrogen) atoms. The van der Waals surface area contributed by atoms with E-state index < -0.39 is 0 Å². The highest BCUT2D eigenvalue weighted by molar-refractivity contribution is 8.27. The molecule has 1 aliphatic heterocycles. The second kappa shape index (κ2) is 9.94. The van der Waals surface area contributed by atoms with Gasteiger partial charge in [0.25, 0.3) is 5.91 Å². The van der Waals surface area contributed by atoms with Crippen LogP contribution in [-0.4, -0.2) is 24.3 Å². The van der Waals surface area contributed by atoms with E-state index in [1.807, 2.05) is 104 Å². The minimum absolute atomic E-state index is 0.125. The summed E-state index contributed by atoms with van der Waals surface area (Å²) in [4.78, 5) is 17.7. The van der Waals surface area contributed by atoms with Gasteiger partial charge in [-0.2, -0.15) is 0 Å². The topological polar surface area (TPSA) is 32.8 Å². The Morgan fingerprint density at radius 1 is 0.914 bits per heavy atom. The van der Waals surface area contributed by atoms with Gasteiger partial charge in [0, 0.05) is 25.3 Å². The molecule has 0 aromatic heterocycles. The molecule has 0 unspecified atom stereocenters. The van der Waals surface area contributed by atoms with Gasteiger partial charge in [-0.05, 0) is 52.7 Å². The summed E-state index contributed by atoms with van der Waals surface area (Å²) in [5.41, 5.74) is 3.78. The first-order valence-corrected chi connectivity index (χ1v) is 12.5. The van der Waals surface area contributed by atoms with Crippen molar-refractivity contribution in [1.29, 1.82) is 0 Å². The van der Waals surface area contributed by atoms with Crippen LogP contribution >= 0.6 is 24.0 Å². The fourth-order valence-corrected chi connectivity index (χ4v) is 5.29. The quantitative estimate of drug-likeness (QED) is 0.214. The SMILES string of the molecule is CN(C)c1ccc(N2C(=O)/C(=C/c3c(OCc4ccccc4)ccc4ccccc34)SC2=S)cc1. The van der Waals surface area contributed by atoms with E-state index in [9.17, 15) is 4.79 Å². The zero-order valence-electron chi connectivity index (χ0n) is 19.5. The van der Waals surface area contributed by atoms with Crippen LogP contribution in [0.25, 0.3) is 16.8 Å². The Labute approximate surface area is 214 Å². The summed E-state index contributed by atoms with van der Waals surface area (Å²) in [6.45, 7) is 0.444. The Bertz CT molecular complexity index is 1430. The van der Waals surface area contributed by atoms with Gasteiger partial charge in [-0.1, -0.05) is 84.6 Å². The van der Waals surface area contributed by atoms with Crippen molar-refractivity contribution in [3.8, 4) is 5.75 Å². The Morgan fingerprint density at radius 2 is 1.63 bits per heavy atom. The highest BCUT2D eigenvalue weighted by Crippen LogP contribution is 2.39. The third kappa shape index (κ3) is 4.81. The predicted octanol–water partition coefficient (Wildman–Crippen LogP) is 6.89. The molecule has 1 heterocycles. The maximum atomic E-state index is 13.5. The molecule has 5 rings (SSSR count). The molecule has 1 amide bonds. The second-order valence-electron chi connectivity index (χ2n) is 8.40. The normalized spacial score (nSPS) is 14.7. The van der Waals surface area contributed by atoms with Gasteiger partial charge in [0.05, 0.1) is 10.6 Å². The lowest BCUT2D eigenvalue weighted by atomic mass is 10.0. The number of rotatable bonds is 6. The first-order valence-electron chi connectivity index (χ1n) is 11.2. The van der Waals surface area contributed by atoms with Gasteiger partial charge in [-0.3, -0.25) is 9.69 Å². The van der Waals surface area contributed by atoms with Crippen molar-refractivity contribution in [3.63, 3.8) is 0 Å². The zero-order chi connectivity index (χ0) is 24.4. The third-order valence-corrected chi connectivity index (χ3v) is 7.16. The molecule has 174 valence electrons. The largest absolute Gasteiger partial charge is 0.488 e. The van der Waals surface area contributed by atoms with Crippen LogP contribution in [0.3, 0.4) is 0 Å². The molecule has 6 heteroatoms. The minimum atomic E-state index is -0.125. The predicted molar refractivity (Wildman–Crippen MR) is 151 cm³/mol. The van der Waals surface area contributed by atoms with Crippen LogP contribution in [-0.2, 0) is 11.4 Å². The van der Waals surface area contributed by atoms with Crippen molar-refractivity contribution < 1.29 is 9.53 Å². The van der Waals surface area contributed by atoms with Gasteiger partial charge in [0.15, 0.2) is 4.32 Å². The van der Waals surface area contributed by atoms with Crippen molar-refractivity contribution in [2.75, 3.05) is 23.9 Å². The molecular formula is C29H24N2O2S2. The van der Waals surface area contributed by atoms with E-state index in [1.165, 1.54) is 11.8 Å². The number of carbonyl (C=O) groups is 1. The van der Waals surface area contributed by atoms with Crippen molar-refractivity contribution >= 4 is 62.4 Å². The zero-order valence-corrected chi connectivity index (χ0v) is 21.1. The summed E-state index contributed by atoms with van der Waals surface area (Å²) < 4.78 is 6.75. The average molecular weight is 497 g/mol. The van der Waals surface area contributed by atoms with E-state index in [-0.39, 0.29) is 5.91 Å². The number of hydrogen-bond donors (Lipinski definition) is 0. The molecule has 0 saturated carbocycles. The number of anilines is 2. The number of fused-ring (bicyclic) bond motifs is 1. The van der Waals surface area contributed by atoms with Crippen LogP contribution in [0.15, 0.2) is 95.9 Å². The fraction of sp³-hybridized carbons (Fsp3) is 0.103. The molecule has 1 fully saturated rings. The molecule has 4 aromatic carbocycles. The molecule has 0 aliphatic carbocycles. The highest BCUT2D eigenvalue weighted by atomic mass is 32.2. The fourth-order valence-electron chi connectivity index (χ4n) is 4.01. The van der Waals surface area contributed by atoms with Gasteiger partial charge >= 0.3 is 0 Å². The number of ether oxygens (including phenoxy) is 1. The van der Waals surface area contributed by atoms with Crippen LogP contribution in [0.2, 0.25) is 0 Å². The van der Waals surface area contributed by atoms with Crippen LogP contribution in [0.4, 0.5) is 11.4 Å². The van der Waals surface area contributed by atoms with E-state index in [1.54, 1.807) is 4.90 Å². The lowest BCUT2D eigenvalue weighted by molar-refractivity contribution is -0.113. The number of benzene rings is 4. The van der Waals surface area contributed by atoms with Crippen molar-refractivity contribution in [2.24, 2.45) is 0 Å². The Hall–Kier alpha value is -3.61. The molecule has 1 saturated heterocycles. The number of thioether (sulfide) groups is 1. The minimum Gasteiger partial charge on any atom is -0.488 e.